The molecule has 0 heterocycles. The molecule has 0 aromatic heterocycles. The van der Waals surface area contributed by atoms with Crippen molar-refractivity contribution in [3.8, 4) is 0 Å². The van der Waals surface area contributed by atoms with Crippen molar-refractivity contribution >= 4 is 17.1 Å². The lowest BCUT2D eigenvalue weighted by Gasteiger charge is -2.08. The Labute approximate surface area is 94.1 Å². The second kappa shape index (κ2) is 4.57. The van der Waals surface area contributed by atoms with Crippen LogP contribution in [-0.4, -0.2) is 0 Å². The molecule has 2 rings (SSSR count). The van der Waals surface area contributed by atoms with Crippen LogP contribution in [-0.2, 0) is 0 Å². The SMILES string of the molecule is Cc1cccc(Nc2ccccc2N=O)c1. The fraction of sp³-hybridized carbons (Fsp3) is 0.0769. The summed E-state index contributed by atoms with van der Waals surface area (Å²) in [6.07, 6.45) is 0. The number of nitroso groups, excluding NO2 is 1. The van der Waals surface area contributed by atoms with Gasteiger partial charge in [-0.15, -0.1) is 4.91 Å². The van der Waals surface area contributed by atoms with Crippen LogP contribution in [0.1, 0.15) is 5.56 Å². The third-order valence-corrected chi connectivity index (χ3v) is 2.30. The van der Waals surface area contributed by atoms with Crippen molar-refractivity contribution in [1.82, 2.24) is 0 Å². The van der Waals surface area contributed by atoms with Gasteiger partial charge in [-0.3, -0.25) is 0 Å². The minimum atomic E-state index is 0.420. The number of para-hydroxylation sites is 1. The molecule has 0 saturated heterocycles. The molecule has 80 valence electrons. The van der Waals surface area contributed by atoms with Crippen LogP contribution in [0.25, 0.3) is 0 Å². The topological polar surface area (TPSA) is 41.5 Å². The number of rotatable bonds is 3. The molecule has 2 aromatic rings. The van der Waals surface area contributed by atoms with Crippen LogP contribution >= 0.6 is 0 Å². The Morgan fingerprint density at radius 2 is 1.88 bits per heavy atom. The summed E-state index contributed by atoms with van der Waals surface area (Å²) in [6.45, 7) is 2.02. The van der Waals surface area contributed by atoms with Gasteiger partial charge in [0.05, 0.1) is 5.69 Å². The summed E-state index contributed by atoms with van der Waals surface area (Å²) in [4.78, 5) is 10.6. The molecule has 0 spiro atoms. The molecule has 16 heavy (non-hydrogen) atoms. The first kappa shape index (κ1) is 10.4. The third kappa shape index (κ3) is 2.25. The Kier molecular flexibility index (Phi) is 2.96. The van der Waals surface area contributed by atoms with E-state index in [9.17, 15) is 4.91 Å². The Hall–Kier alpha value is -2.16. The van der Waals surface area contributed by atoms with Gasteiger partial charge in [0, 0.05) is 5.69 Å². The summed E-state index contributed by atoms with van der Waals surface area (Å²) in [7, 11) is 0. The van der Waals surface area contributed by atoms with Crippen LogP contribution in [0.5, 0.6) is 0 Å². The van der Waals surface area contributed by atoms with Crippen LogP contribution in [0.3, 0.4) is 0 Å². The van der Waals surface area contributed by atoms with E-state index in [1.165, 1.54) is 5.56 Å². The number of aryl methyl sites for hydroxylation is 1. The lowest BCUT2D eigenvalue weighted by atomic mass is 10.2. The fourth-order valence-electron chi connectivity index (χ4n) is 1.54. The lowest BCUT2D eigenvalue weighted by Crippen LogP contribution is -1.90. The molecule has 0 radical (unpaired) electrons. The maximum atomic E-state index is 10.6. The van der Waals surface area contributed by atoms with Gasteiger partial charge in [-0.05, 0) is 41.9 Å². The number of hydrogen-bond donors (Lipinski definition) is 1. The van der Waals surface area contributed by atoms with E-state index in [0.29, 0.717) is 5.69 Å². The quantitative estimate of drug-likeness (QED) is 0.777. The highest BCUT2D eigenvalue weighted by atomic mass is 16.3. The zero-order valence-electron chi connectivity index (χ0n) is 8.97. The number of nitrogens with zero attached hydrogens (tertiary/aromatic N) is 1. The number of benzene rings is 2. The molecule has 2 aromatic carbocycles. The normalized spacial score (nSPS) is 9.81. The van der Waals surface area contributed by atoms with Crippen LogP contribution in [0.2, 0.25) is 0 Å². The van der Waals surface area contributed by atoms with E-state index in [-0.39, 0.29) is 0 Å². The largest absolute Gasteiger partial charge is 0.354 e. The van der Waals surface area contributed by atoms with Gasteiger partial charge >= 0.3 is 0 Å². The molecule has 0 bridgehead atoms. The molecule has 1 N–H and O–H groups in total. The summed E-state index contributed by atoms with van der Waals surface area (Å²) in [5, 5.41) is 6.15. The van der Waals surface area contributed by atoms with Crippen molar-refractivity contribution in [3.63, 3.8) is 0 Å². The van der Waals surface area contributed by atoms with Crippen LogP contribution < -0.4 is 5.32 Å². The van der Waals surface area contributed by atoms with Crippen molar-refractivity contribution in [2.75, 3.05) is 5.32 Å². The van der Waals surface area contributed by atoms with Crippen molar-refractivity contribution in [1.29, 1.82) is 0 Å². The van der Waals surface area contributed by atoms with Crippen molar-refractivity contribution in [2.24, 2.45) is 5.18 Å². The van der Waals surface area contributed by atoms with Crippen molar-refractivity contribution in [2.45, 2.75) is 6.92 Å². The summed E-state index contributed by atoms with van der Waals surface area (Å²) in [6, 6.07) is 15.1. The third-order valence-electron chi connectivity index (χ3n) is 2.30. The molecule has 0 fully saturated rings. The molecule has 0 unspecified atom stereocenters. The number of nitrogens with one attached hydrogen (secondary N) is 1. The van der Waals surface area contributed by atoms with Gasteiger partial charge in [0.1, 0.15) is 5.69 Å². The summed E-state index contributed by atoms with van der Waals surface area (Å²) in [5.41, 5.74) is 3.27. The maximum Gasteiger partial charge on any atom is 0.131 e. The van der Waals surface area contributed by atoms with E-state index in [4.69, 9.17) is 0 Å². The van der Waals surface area contributed by atoms with E-state index >= 15 is 0 Å². The Balaban J connectivity index is 2.30. The van der Waals surface area contributed by atoms with Gasteiger partial charge in [-0.1, -0.05) is 24.3 Å². The highest BCUT2D eigenvalue weighted by Gasteiger charge is 2.01. The predicted molar refractivity (Wildman–Crippen MR) is 66.4 cm³/mol. The minimum absolute atomic E-state index is 0.420. The predicted octanol–water partition coefficient (Wildman–Crippen LogP) is 4.14. The second-order valence-electron chi connectivity index (χ2n) is 3.60. The molecule has 3 heteroatoms. The standard InChI is InChI=1S/C13H12N2O/c1-10-5-4-6-11(9-10)14-12-7-2-3-8-13(12)15-16/h2-9,14H,1H3. The van der Waals surface area contributed by atoms with Crippen LogP contribution in [0.15, 0.2) is 53.7 Å². The number of hydrogen-bond acceptors (Lipinski definition) is 3. The highest BCUT2D eigenvalue weighted by Crippen LogP contribution is 2.27. The minimum Gasteiger partial charge on any atom is -0.354 e. The lowest BCUT2D eigenvalue weighted by molar-refractivity contribution is 1.43. The maximum absolute atomic E-state index is 10.6. The molecule has 0 aliphatic heterocycles. The van der Waals surface area contributed by atoms with Gasteiger partial charge in [-0.2, -0.15) is 0 Å². The Bertz CT molecular complexity index is 509. The van der Waals surface area contributed by atoms with Gasteiger partial charge in [-0.25, -0.2) is 0 Å². The average molecular weight is 212 g/mol. The van der Waals surface area contributed by atoms with E-state index in [2.05, 4.69) is 10.5 Å². The fourth-order valence-corrected chi connectivity index (χ4v) is 1.54. The van der Waals surface area contributed by atoms with Crippen LogP contribution in [0, 0.1) is 11.8 Å². The molecule has 0 saturated carbocycles. The summed E-state index contributed by atoms with van der Waals surface area (Å²) < 4.78 is 0. The van der Waals surface area contributed by atoms with E-state index < -0.39 is 0 Å². The molecule has 0 aliphatic rings. The molecule has 0 aliphatic carbocycles. The summed E-state index contributed by atoms with van der Waals surface area (Å²) in [5.74, 6) is 0. The Morgan fingerprint density at radius 1 is 1.06 bits per heavy atom. The second-order valence-corrected chi connectivity index (χ2v) is 3.60. The first-order valence-corrected chi connectivity index (χ1v) is 5.05. The van der Waals surface area contributed by atoms with E-state index in [1.807, 2.05) is 43.3 Å². The zero-order valence-corrected chi connectivity index (χ0v) is 8.97. The molecular weight excluding hydrogens is 200 g/mol. The molecule has 0 atom stereocenters. The Morgan fingerprint density at radius 3 is 2.62 bits per heavy atom. The first-order chi connectivity index (χ1) is 7.79. The molecule has 0 amide bonds. The van der Waals surface area contributed by atoms with E-state index in [1.54, 1.807) is 12.1 Å². The highest BCUT2D eigenvalue weighted by molar-refractivity contribution is 5.71. The average Bonchev–Trinajstić information content (AvgIpc) is 2.30. The van der Waals surface area contributed by atoms with Crippen LogP contribution in [0.4, 0.5) is 17.1 Å². The number of anilines is 2. The molecule has 3 nitrogen and oxygen atoms in total. The van der Waals surface area contributed by atoms with Gasteiger partial charge in [0.15, 0.2) is 0 Å². The van der Waals surface area contributed by atoms with Gasteiger partial charge < -0.3 is 5.32 Å². The molecular formula is C13H12N2O. The van der Waals surface area contributed by atoms with Crippen molar-refractivity contribution < 1.29 is 0 Å². The zero-order chi connectivity index (χ0) is 11.4. The smallest absolute Gasteiger partial charge is 0.131 e. The first-order valence-electron chi connectivity index (χ1n) is 5.05. The van der Waals surface area contributed by atoms with Gasteiger partial charge in [0.25, 0.3) is 0 Å². The van der Waals surface area contributed by atoms with Gasteiger partial charge in [0.2, 0.25) is 0 Å². The van der Waals surface area contributed by atoms with E-state index in [0.717, 1.165) is 11.4 Å². The summed E-state index contributed by atoms with van der Waals surface area (Å²) >= 11 is 0. The monoisotopic (exact) mass is 212 g/mol. The van der Waals surface area contributed by atoms with Crippen molar-refractivity contribution in [3.05, 3.63) is 59.0 Å².